The van der Waals surface area contributed by atoms with Crippen LogP contribution < -0.4 is 5.73 Å². The average molecular weight is 373 g/mol. The predicted molar refractivity (Wildman–Crippen MR) is 105 cm³/mol. The number of nitrogens with one attached hydrogen (secondary N) is 1. The third-order valence-electron chi connectivity index (χ3n) is 5.01. The zero-order valence-electron chi connectivity index (χ0n) is 15.0. The third-order valence-corrected chi connectivity index (χ3v) is 5.01. The Balaban J connectivity index is 1.51. The van der Waals surface area contributed by atoms with E-state index in [-0.39, 0.29) is 17.4 Å². The monoisotopic (exact) mass is 373 g/mol. The van der Waals surface area contributed by atoms with Crippen LogP contribution in [0.25, 0.3) is 22.8 Å². The number of benzene rings is 2. The molecule has 1 aliphatic rings. The number of rotatable bonds is 3. The largest absolute Gasteiger partial charge is 0.383 e. The van der Waals surface area contributed by atoms with E-state index in [0.29, 0.717) is 23.1 Å². The lowest BCUT2D eigenvalue weighted by Gasteiger charge is -2.05. The zero-order valence-corrected chi connectivity index (χ0v) is 15.0. The van der Waals surface area contributed by atoms with E-state index in [2.05, 4.69) is 15.1 Å². The number of anilines is 1. The summed E-state index contributed by atoms with van der Waals surface area (Å²) in [5.74, 6) is 0.499. The highest BCUT2D eigenvalue weighted by Crippen LogP contribution is 2.31. The first-order valence-corrected chi connectivity index (χ1v) is 8.84. The van der Waals surface area contributed by atoms with E-state index in [4.69, 9.17) is 5.73 Å². The molecule has 0 spiro atoms. The van der Waals surface area contributed by atoms with Gasteiger partial charge in [0.1, 0.15) is 17.5 Å². The smallest absolute Gasteiger partial charge is 0.194 e. The van der Waals surface area contributed by atoms with Gasteiger partial charge in [-0.25, -0.2) is 14.1 Å². The standard InChI is InChI=1S/C21H16FN5O/c1-11-25-18-6-5-14(9-19(18)26-11)27-21(23)16(10-24-27)20(28)13-7-12-3-2-4-17(22)15(12)8-13/h2-6,8-10H,7,23H2,1H3,(H,25,26). The minimum absolute atomic E-state index is 0.238. The number of aromatic amines is 1. The fourth-order valence-corrected chi connectivity index (χ4v) is 3.64. The molecule has 0 radical (unpaired) electrons. The van der Waals surface area contributed by atoms with Crippen LogP contribution >= 0.6 is 0 Å². The van der Waals surface area contributed by atoms with E-state index in [0.717, 1.165) is 28.1 Å². The van der Waals surface area contributed by atoms with Crippen LogP contribution in [-0.2, 0) is 6.42 Å². The molecule has 2 heterocycles. The average Bonchev–Trinajstić information content (AvgIpc) is 3.36. The Morgan fingerprint density at radius 2 is 2.14 bits per heavy atom. The van der Waals surface area contributed by atoms with Crippen molar-refractivity contribution in [2.24, 2.45) is 0 Å². The van der Waals surface area contributed by atoms with Gasteiger partial charge in [0.15, 0.2) is 5.78 Å². The van der Waals surface area contributed by atoms with Gasteiger partial charge in [-0.1, -0.05) is 12.1 Å². The molecule has 28 heavy (non-hydrogen) atoms. The summed E-state index contributed by atoms with van der Waals surface area (Å²) in [7, 11) is 0. The van der Waals surface area contributed by atoms with Crippen molar-refractivity contribution in [3.8, 4) is 5.69 Å². The number of ketones is 1. The number of nitrogens with two attached hydrogens (primary N) is 1. The van der Waals surface area contributed by atoms with Crippen molar-refractivity contribution in [2.45, 2.75) is 13.3 Å². The molecular weight excluding hydrogens is 357 g/mol. The molecule has 0 aliphatic heterocycles. The molecule has 3 N–H and O–H groups in total. The van der Waals surface area contributed by atoms with Crippen molar-refractivity contribution in [1.29, 1.82) is 0 Å². The van der Waals surface area contributed by atoms with Crippen molar-refractivity contribution in [3.63, 3.8) is 0 Å². The number of H-pyrrole nitrogens is 1. The molecule has 7 heteroatoms. The molecule has 0 saturated carbocycles. The third kappa shape index (κ3) is 2.44. The van der Waals surface area contributed by atoms with Crippen LogP contribution in [0, 0.1) is 12.7 Å². The fraction of sp³-hybridized carbons (Fsp3) is 0.0952. The van der Waals surface area contributed by atoms with E-state index < -0.39 is 0 Å². The number of aromatic nitrogens is 4. The van der Waals surface area contributed by atoms with Gasteiger partial charge < -0.3 is 10.7 Å². The van der Waals surface area contributed by atoms with Crippen molar-refractivity contribution in [3.05, 3.63) is 76.5 Å². The van der Waals surface area contributed by atoms with Crippen LogP contribution in [0.15, 0.2) is 48.2 Å². The van der Waals surface area contributed by atoms with E-state index >= 15 is 0 Å². The first-order valence-electron chi connectivity index (χ1n) is 8.84. The first kappa shape index (κ1) is 16.4. The quantitative estimate of drug-likeness (QED) is 0.537. The summed E-state index contributed by atoms with van der Waals surface area (Å²) >= 11 is 0. The Labute approximate surface area is 159 Å². The van der Waals surface area contributed by atoms with Gasteiger partial charge in [0.25, 0.3) is 0 Å². The van der Waals surface area contributed by atoms with Crippen LogP contribution in [0.3, 0.4) is 0 Å². The van der Waals surface area contributed by atoms with Crippen LogP contribution in [0.2, 0.25) is 0 Å². The van der Waals surface area contributed by atoms with Gasteiger partial charge in [0, 0.05) is 17.6 Å². The molecule has 0 fully saturated rings. The van der Waals surface area contributed by atoms with Gasteiger partial charge in [-0.3, -0.25) is 4.79 Å². The normalized spacial score (nSPS) is 13.0. The van der Waals surface area contributed by atoms with Crippen LogP contribution in [0.4, 0.5) is 10.2 Å². The second kappa shape index (κ2) is 5.88. The molecule has 0 bridgehead atoms. The Kier molecular flexibility index (Phi) is 3.45. The molecule has 2 aromatic carbocycles. The summed E-state index contributed by atoms with van der Waals surface area (Å²) in [6.07, 6.45) is 3.44. The number of fused-ring (bicyclic) bond motifs is 2. The highest BCUT2D eigenvalue weighted by molar-refractivity contribution is 6.15. The summed E-state index contributed by atoms with van der Waals surface area (Å²) in [5, 5.41) is 4.29. The summed E-state index contributed by atoms with van der Waals surface area (Å²) in [6, 6.07) is 10.5. The summed E-state index contributed by atoms with van der Waals surface area (Å²) < 4.78 is 15.5. The van der Waals surface area contributed by atoms with Crippen molar-refractivity contribution < 1.29 is 9.18 Å². The van der Waals surface area contributed by atoms with Crippen molar-refractivity contribution in [2.75, 3.05) is 5.73 Å². The molecule has 0 saturated heterocycles. The number of imidazole rings is 1. The number of carbonyl (C=O) groups is 1. The fourth-order valence-electron chi connectivity index (χ4n) is 3.64. The van der Waals surface area contributed by atoms with E-state index in [1.165, 1.54) is 16.9 Å². The van der Waals surface area contributed by atoms with Gasteiger partial charge in [0.2, 0.25) is 0 Å². The van der Waals surface area contributed by atoms with E-state index in [1.54, 1.807) is 12.1 Å². The molecule has 5 rings (SSSR count). The maximum absolute atomic E-state index is 14.0. The maximum atomic E-state index is 14.0. The molecular formula is C21H16FN5O. The number of aryl methyl sites for hydroxylation is 1. The van der Waals surface area contributed by atoms with Crippen molar-refractivity contribution in [1.82, 2.24) is 19.7 Å². The lowest BCUT2D eigenvalue weighted by molar-refractivity contribution is 0.103. The molecule has 6 nitrogen and oxygen atoms in total. The summed E-state index contributed by atoms with van der Waals surface area (Å²) in [5.41, 5.74) is 10.8. The van der Waals surface area contributed by atoms with Gasteiger partial charge in [-0.2, -0.15) is 5.10 Å². The maximum Gasteiger partial charge on any atom is 0.194 e. The van der Waals surface area contributed by atoms with Gasteiger partial charge in [0.05, 0.1) is 28.5 Å². The molecule has 0 atom stereocenters. The second-order valence-corrected chi connectivity index (χ2v) is 6.87. The Morgan fingerprint density at radius 1 is 1.29 bits per heavy atom. The number of nitrogen functional groups attached to an aromatic ring is 1. The Hall–Kier alpha value is -3.74. The number of nitrogens with zero attached hydrogens (tertiary/aromatic N) is 3. The number of halogens is 1. The minimum Gasteiger partial charge on any atom is -0.383 e. The summed E-state index contributed by atoms with van der Waals surface area (Å²) in [6.45, 7) is 1.88. The number of carbonyl (C=O) groups excluding carboxylic acids is 1. The number of hydrogen-bond donors (Lipinski definition) is 2. The number of Topliss-reactive ketones (excluding diaryl/α,β-unsaturated/α-hetero) is 1. The van der Waals surface area contributed by atoms with Crippen molar-refractivity contribution >= 4 is 28.7 Å². The Bertz CT molecular complexity index is 1300. The SMILES string of the molecule is Cc1nc2ccc(-n3ncc(C(=O)C4=Cc5c(F)cccc5C4)c3N)cc2[nH]1. The molecule has 1 aliphatic carbocycles. The number of hydrogen-bond acceptors (Lipinski definition) is 4. The van der Waals surface area contributed by atoms with Gasteiger partial charge in [-0.15, -0.1) is 0 Å². The molecule has 4 aromatic rings. The van der Waals surface area contributed by atoms with Crippen LogP contribution in [-0.4, -0.2) is 25.5 Å². The summed E-state index contributed by atoms with van der Waals surface area (Å²) in [4.78, 5) is 20.5. The highest BCUT2D eigenvalue weighted by Gasteiger charge is 2.25. The molecule has 138 valence electrons. The zero-order chi connectivity index (χ0) is 19.4. The highest BCUT2D eigenvalue weighted by atomic mass is 19.1. The van der Waals surface area contributed by atoms with Gasteiger partial charge in [-0.05, 0) is 42.8 Å². The van der Waals surface area contributed by atoms with Crippen LogP contribution in [0.1, 0.15) is 27.3 Å². The number of allylic oxidation sites excluding steroid dienone is 1. The Morgan fingerprint density at radius 3 is 2.96 bits per heavy atom. The molecule has 2 aromatic heterocycles. The first-order chi connectivity index (χ1) is 13.5. The second-order valence-electron chi connectivity index (χ2n) is 6.87. The van der Waals surface area contributed by atoms with E-state index in [1.807, 2.05) is 31.2 Å². The lowest BCUT2D eigenvalue weighted by Crippen LogP contribution is -2.08. The topological polar surface area (TPSA) is 89.6 Å². The predicted octanol–water partition coefficient (Wildman–Crippen LogP) is 3.60. The van der Waals surface area contributed by atoms with Gasteiger partial charge >= 0.3 is 0 Å². The van der Waals surface area contributed by atoms with E-state index in [9.17, 15) is 9.18 Å². The van der Waals surface area contributed by atoms with Crippen LogP contribution in [0.5, 0.6) is 0 Å². The molecule has 0 amide bonds. The minimum atomic E-state index is -0.327. The lowest BCUT2D eigenvalue weighted by atomic mass is 10.0. The molecule has 0 unspecified atom stereocenters.